The molecule has 0 aromatic carbocycles. The molecule has 0 aliphatic rings. The maximum atomic E-state index is 3.50. The molecule has 0 unspecified atom stereocenters. The highest BCUT2D eigenvalue weighted by Crippen LogP contribution is 2.13. The molecule has 0 nitrogen and oxygen atoms in total. The lowest BCUT2D eigenvalue weighted by molar-refractivity contribution is 0.545. The van der Waals surface area contributed by atoms with Crippen LogP contribution < -0.4 is 0 Å². The first-order chi connectivity index (χ1) is 12.4. The minimum Gasteiger partial charge on any atom is -0.0928 e. The molecular formula is C24H47Br. The molecule has 0 aliphatic carbocycles. The number of hydrogen-bond donors (Lipinski definition) is 0. The number of alkyl halides is 1. The third-order valence-corrected chi connectivity index (χ3v) is 5.71. The van der Waals surface area contributed by atoms with Crippen molar-refractivity contribution in [3.8, 4) is 0 Å². The molecule has 0 saturated heterocycles. The van der Waals surface area contributed by atoms with E-state index in [4.69, 9.17) is 0 Å². The van der Waals surface area contributed by atoms with Gasteiger partial charge < -0.3 is 0 Å². The summed E-state index contributed by atoms with van der Waals surface area (Å²) in [4.78, 5) is 0. The molecule has 0 atom stereocenters. The normalized spacial score (nSPS) is 11.6. The van der Waals surface area contributed by atoms with E-state index in [1.165, 1.54) is 134 Å². The highest BCUT2D eigenvalue weighted by Gasteiger charge is 1.93. The molecule has 0 spiro atoms. The third kappa shape index (κ3) is 24.2. The summed E-state index contributed by atoms with van der Waals surface area (Å²) in [5, 5.41) is 1.18. The van der Waals surface area contributed by atoms with Gasteiger partial charge in [-0.15, -0.1) is 0 Å². The van der Waals surface area contributed by atoms with Crippen LogP contribution in [0.25, 0.3) is 0 Å². The molecule has 0 heterocycles. The lowest BCUT2D eigenvalue weighted by Crippen LogP contribution is -1.83. The maximum Gasteiger partial charge on any atom is 0.00313 e. The van der Waals surface area contributed by atoms with Crippen molar-refractivity contribution in [2.45, 2.75) is 135 Å². The Labute approximate surface area is 168 Å². The Balaban J connectivity index is 3.03. The van der Waals surface area contributed by atoms with E-state index < -0.39 is 0 Å². The maximum absolute atomic E-state index is 3.50. The first kappa shape index (κ1) is 25.2. The number of rotatable bonds is 21. The topological polar surface area (TPSA) is 0 Å². The van der Waals surface area contributed by atoms with Crippen LogP contribution in [-0.2, 0) is 0 Å². The molecule has 0 radical (unpaired) electrons. The average molecular weight is 416 g/mol. The van der Waals surface area contributed by atoms with Crippen molar-refractivity contribution >= 4 is 15.9 Å². The van der Waals surface area contributed by atoms with E-state index in [0.717, 1.165) is 0 Å². The van der Waals surface area contributed by atoms with E-state index >= 15 is 0 Å². The second kappa shape index (κ2) is 24.2. The summed E-state index contributed by atoms with van der Waals surface area (Å²) in [5.41, 5.74) is 0. The van der Waals surface area contributed by atoms with Crippen LogP contribution in [0.3, 0.4) is 0 Å². The first-order valence-corrected chi connectivity index (χ1v) is 12.7. The summed E-state index contributed by atoms with van der Waals surface area (Å²) in [6, 6.07) is 0. The van der Waals surface area contributed by atoms with Gasteiger partial charge in [0.2, 0.25) is 0 Å². The second-order valence-corrected chi connectivity index (χ2v) is 8.54. The molecule has 25 heavy (non-hydrogen) atoms. The van der Waals surface area contributed by atoms with Gasteiger partial charge in [-0.1, -0.05) is 131 Å². The van der Waals surface area contributed by atoms with E-state index in [0.29, 0.717) is 0 Å². The predicted octanol–water partition coefficient (Wildman–Crippen LogP) is 9.76. The Bertz CT molecular complexity index is 246. The summed E-state index contributed by atoms with van der Waals surface area (Å²) >= 11 is 3.50. The molecule has 150 valence electrons. The van der Waals surface area contributed by atoms with E-state index in [2.05, 4.69) is 35.0 Å². The van der Waals surface area contributed by atoms with E-state index in [1.807, 2.05) is 0 Å². The fraction of sp³-hybridized carbons (Fsp3) is 0.917. The summed E-state index contributed by atoms with van der Waals surface area (Å²) in [6.07, 6.45) is 33.3. The Morgan fingerprint density at radius 2 is 0.760 bits per heavy atom. The monoisotopic (exact) mass is 414 g/mol. The second-order valence-electron chi connectivity index (χ2n) is 7.75. The zero-order valence-electron chi connectivity index (χ0n) is 17.4. The van der Waals surface area contributed by atoms with Crippen molar-refractivity contribution in [3.63, 3.8) is 0 Å². The van der Waals surface area contributed by atoms with E-state index in [1.54, 1.807) is 0 Å². The molecule has 0 aliphatic heterocycles. The van der Waals surface area contributed by atoms with Gasteiger partial charge in [-0.25, -0.2) is 0 Å². The van der Waals surface area contributed by atoms with Gasteiger partial charge >= 0.3 is 0 Å². The minimum atomic E-state index is 1.18. The van der Waals surface area contributed by atoms with Gasteiger partial charge in [-0.3, -0.25) is 0 Å². The van der Waals surface area contributed by atoms with E-state index in [9.17, 15) is 0 Å². The third-order valence-electron chi connectivity index (χ3n) is 5.15. The molecule has 0 fully saturated rings. The minimum absolute atomic E-state index is 1.18. The van der Waals surface area contributed by atoms with Crippen molar-refractivity contribution < 1.29 is 0 Å². The van der Waals surface area contributed by atoms with Crippen LogP contribution in [0.5, 0.6) is 0 Å². The van der Waals surface area contributed by atoms with Crippen LogP contribution >= 0.6 is 15.9 Å². The molecule has 0 saturated carbocycles. The standard InChI is InChI=1S/C24H47Br/c1-2-3-4-5-6-7-8-9-10-11-12-13-14-15-16-17-18-19-20-21-22-23-24-25/h9-10H,2-8,11-24H2,1H3/b10-9+. The number of halogens is 1. The highest BCUT2D eigenvalue weighted by atomic mass is 79.9. The molecule has 0 aromatic heterocycles. The smallest absolute Gasteiger partial charge is 0.00313 e. The number of hydrogen-bond acceptors (Lipinski definition) is 0. The summed E-state index contributed by atoms with van der Waals surface area (Å²) in [6.45, 7) is 2.29. The predicted molar refractivity (Wildman–Crippen MR) is 121 cm³/mol. The van der Waals surface area contributed by atoms with E-state index in [-0.39, 0.29) is 0 Å². The molecule has 0 N–H and O–H groups in total. The number of unbranched alkanes of at least 4 members (excludes halogenated alkanes) is 18. The quantitative estimate of drug-likeness (QED) is 0.0994. The van der Waals surface area contributed by atoms with Crippen molar-refractivity contribution in [2.24, 2.45) is 0 Å². The van der Waals surface area contributed by atoms with Crippen LogP contribution in [0.2, 0.25) is 0 Å². The first-order valence-electron chi connectivity index (χ1n) is 11.6. The molecule has 0 amide bonds. The molecule has 0 rings (SSSR count). The zero-order chi connectivity index (χ0) is 18.3. The fourth-order valence-electron chi connectivity index (χ4n) is 3.40. The van der Waals surface area contributed by atoms with Gasteiger partial charge in [-0.05, 0) is 32.1 Å². The van der Waals surface area contributed by atoms with Crippen LogP contribution in [0.1, 0.15) is 135 Å². The lowest BCUT2D eigenvalue weighted by atomic mass is 10.0. The van der Waals surface area contributed by atoms with Gasteiger partial charge in [-0.2, -0.15) is 0 Å². The fourth-order valence-corrected chi connectivity index (χ4v) is 3.80. The lowest BCUT2D eigenvalue weighted by Gasteiger charge is -2.02. The van der Waals surface area contributed by atoms with Crippen LogP contribution in [0, 0.1) is 0 Å². The zero-order valence-corrected chi connectivity index (χ0v) is 19.0. The summed E-state index contributed by atoms with van der Waals surface area (Å²) < 4.78 is 0. The van der Waals surface area contributed by atoms with Crippen LogP contribution in [-0.4, -0.2) is 5.33 Å². The van der Waals surface area contributed by atoms with Gasteiger partial charge in [0, 0.05) is 5.33 Å². The van der Waals surface area contributed by atoms with Gasteiger partial charge in [0.05, 0.1) is 0 Å². The summed E-state index contributed by atoms with van der Waals surface area (Å²) in [5.74, 6) is 0. The largest absolute Gasteiger partial charge is 0.0928 e. The van der Waals surface area contributed by atoms with Crippen molar-refractivity contribution in [3.05, 3.63) is 12.2 Å². The SMILES string of the molecule is CCCCCCCC/C=C/CCCCCCCCCCCCCCBr. The van der Waals surface area contributed by atoms with Crippen LogP contribution in [0.4, 0.5) is 0 Å². The molecule has 1 heteroatoms. The van der Waals surface area contributed by atoms with Crippen molar-refractivity contribution in [1.29, 1.82) is 0 Å². The highest BCUT2D eigenvalue weighted by molar-refractivity contribution is 9.09. The van der Waals surface area contributed by atoms with Gasteiger partial charge in [0.1, 0.15) is 0 Å². The Hall–Kier alpha value is 0.220. The number of allylic oxidation sites excluding steroid dienone is 2. The Kier molecular flexibility index (Phi) is 24.4. The summed E-state index contributed by atoms with van der Waals surface area (Å²) in [7, 11) is 0. The average Bonchev–Trinajstić information content (AvgIpc) is 2.63. The molecular weight excluding hydrogens is 368 g/mol. The van der Waals surface area contributed by atoms with Crippen molar-refractivity contribution in [2.75, 3.05) is 5.33 Å². The Morgan fingerprint density at radius 1 is 0.440 bits per heavy atom. The van der Waals surface area contributed by atoms with Crippen molar-refractivity contribution in [1.82, 2.24) is 0 Å². The van der Waals surface area contributed by atoms with Gasteiger partial charge in [0.15, 0.2) is 0 Å². The molecule has 0 bridgehead atoms. The van der Waals surface area contributed by atoms with Crippen LogP contribution in [0.15, 0.2) is 12.2 Å². The van der Waals surface area contributed by atoms with Gasteiger partial charge in [0.25, 0.3) is 0 Å². The Morgan fingerprint density at radius 3 is 1.12 bits per heavy atom. The molecule has 0 aromatic rings.